The molecular weight excluding hydrogens is 410 g/mol. The summed E-state index contributed by atoms with van der Waals surface area (Å²) in [6, 6.07) is 11.5. The third kappa shape index (κ3) is 7.35. The van der Waals surface area contributed by atoms with Crippen LogP contribution in [0.3, 0.4) is 0 Å². The summed E-state index contributed by atoms with van der Waals surface area (Å²) in [7, 11) is 1.79. The summed E-state index contributed by atoms with van der Waals surface area (Å²) < 4.78 is 5.27. The van der Waals surface area contributed by atoms with Crippen LogP contribution in [0.2, 0.25) is 0 Å². The van der Waals surface area contributed by atoms with Crippen LogP contribution in [-0.4, -0.2) is 86.6 Å². The lowest BCUT2D eigenvalue weighted by Crippen LogP contribution is -2.51. The maximum absolute atomic E-state index is 12.8. The number of piperidine rings is 1. The van der Waals surface area contributed by atoms with Gasteiger partial charge in [0.1, 0.15) is 5.78 Å². The average molecular weight is 456 g/mol. The number of carbonyl (C=O) groups excluding carboxylic acids is 1. The summed E-state index contributed by atoms with van der Waals surface area (Å²) in [6.07, 6.45) is 9.35. The number of ketones is 1. The van der Waals surface area contributed by atoms with Crippen molar-refractivity contribution in [1.82, 2.24) is 14.7 Å². The van der Waals surface area contributed by atoms with Crippen molar-refractivity contribution >= 4 is 5.78 Å². The van der Waals surface area contributed by atoms with Gasteiger partial charge in [0.05, 0.1) is 6.61 Å². The van der Waals surface area contributed by atoms with Crippen LogP contribution in [0.1, 0.15) is 63.0 Å². The number of likely N-dealkylation sites (tertiary alicyclic amines) is 1. The second-order valence-electron chi connectivity index (χ2n) is 10.5. The van der Waals surface area contributed by atoms with Gasteiger partial charge in [0, 0.05) is 64.8 Å². The van der Waals surface area contributed by atoms with E-state index in [4.69, 9.17) is 4.74 Å². The van der Waals surface area contributed by atoms with Crippen molar-refractivity contribution in [2.24, 2.45) is 11.8 Å². The van der Waals surface area contributed by atoms with Crippen LogP contribution in [0.25, 0.3) is 0 Å². The van der Waals surface area contributed by atoms with Gasteiger partial charge in [-0.15, -0.1) is 0 Å². The molecule has 5 nitrogen and oxygen atoms in total. The molecule has 4 rings (SSSR count). The molecule has 184 valence electrons. The van der Waals surface area contributed by atoms with Crippen LogP contribution >= 0.6 is 0 Å². The fourth-order valence-electron chi connectivity index (χ4n) is 6.12. The summed E-state index contributed by atoms with van der Waals surface area (Å²) >= 11 is 0. The van der Waals surface area contributed by atoms with Crippen molar-refractivity contribution < 1.29 is 9.53 Å². The molecule has 0 amide bonds. The van der Waals surface area contributed by atoms with Gasteiger partial charge in [-0.1, -0.05) is 49.6 Å². The molecule has 0 bridgehead atoms. The first kappa shape index (κ1) is 24.8. The van der Waals surface area contributed by atoms with Crippen LogP contribution in [0.4, 0.5) is 0 Å². The van der Waals surface area contributed by atoms with Gasteiger partial charge < -0.3 is 9.64 Å². The second-order valence-corrected chi connectivity index (χ2v) is 10.5. The molecule has 3 fully saturated rings. The zero-order valence-electron chi connectivity index (χ0n) is 20.8. The third-order valence-corrected chi connectivity index (χ3v) is 8.33. The molecule has 0 aromatic heterocycles. The lowest BCUT2D eigenvalue weighted by Gasteiger charge is -2.42. The van der Waals surface area contributed by atoms with Gasteiger partial charge in [0.25, 0.3) is 0 Å². The van der Waals surface area contributed by atoms with Crippen LogP contribution in [0.5, 0.6) is 0 Å². The zero-order chi connectivity index (χ0) is 22.9. The summed E-state index contributed by atoms with van der Waals surface area (Å²) in [4.78, 5) is 20.7. The third-order valence-electron chi connectivity index (χ3n) is 8.33. The fraction of sp³-hybridized carbons (Fsp3) is 0.750. The van der Waals surface area contributed by atoms with Gasteiger partial charge >= 0.3 is 0 Å². The Morgan fingerprint density at radius 2 is 1.61 bits per heavy atom. The first-order chi connectivity index (χ1) is 16.2. The number of hydrogen-bond acceptors (Lipinski definition) is 5. The Balaban J connectivity index is 1.28. The van der Waals surface area contributed by atoms with E-state index in [2.05, 4.69) is 45.0 Å². The summed E-state index contributed by atoms with van der Waals surface area (Å²) in [5, 5.41) is 0. The van der Waals surface area contributed by atoms with Crippen molar-refractivity contribution in [3.05, 3.63) is 35.9 Å². The molecule has 0 spiro atoms. The lowest BCUT2D eigenvalue weighted by atomic mass is 9.81. The number of ether oxygens (including phenoxy) is 1. The number of rotatable bonds is 10. The highest BCUT2D eigenvalue weighted by molar-refractivity contribution is 5.81. The van der Waals surface area contributed by atoms with Crippen LogP contribution < -0.4 is 0 Å². The minimum atomic E-state index is 0.377. The number of hydrogen-bond donors (Lipinski definition) is 0. The van der Waals surface area contributed by atoms with Crippen molar-refractivity contribution in [2.75, 3.05) is 66.1 Å². The highest BCUT2D eigenvalue weighted by atomic mass is 16.5. The Morgan fingerprint density at radius 1 is 0.909 bits per heavy atom. The van der Waals surface area contributed by atoms with E-state index in [1.54, 1.807) is 7.11 Å². The van der Waals surface area contributed by atoms with E-state index in [1.165, 1.54) is 37.7 Å². The number of nitrogens with zero attached hydrogens (tertiary/aromatic N) is 3. The first-order valence-corrected chi connectivity index (χ1v) is 13.5. The number of Topliss-reactive ketones (excluding diaryl/α,β-unsaturated/α-hetero) is 1. The zero-order valence-corrected chi connectivity index (χ0v) is 20.8. The molecule has 1 saturated carbocycles. The van der Waals surface area contributed by atoms with Gasteiger partial charge in [-0.2, -0.15) is 0 Å². The van der Waals surface area contributed by atoms with E-state index in [1.807, 2.05) is 0 Å². The number of piperazine rings is 1. The predicted molar refractivity (Wildman–Crippen MR) is 134 cm³/mol. The van der Waals surface area contributed by atoms with E-state index >= 15 is 0 Å². The van der Waals surface area contributed by atoms with E-state index in [9.17, 15) is 4.79 Å². The van der Waals surface area contributed by atoms with Crippen molar-refractivity contribution in [3.8, 4) is 0 Å². The Bertz CT molecular complexity index is 690. The Hall–Kier alpha value is -1.27. The van der Waals surface area contributed by atoms with Crippen LogP contribution in [0, 0.1) is 11.8 Å². The predicted octanol–water partition coefficient (Wildman–Crippen LogP) is 4.24. The Kier molecular flexibility index (Phi) is 9.78. The van der Waals surface area contributed by atoms with E-state index in [0.29, 0.717) is 23.7 Å². The minimum Gasteiger partial charge on any atom is -0.383 e. The van der Waals surface area contributed by atoms with Crippen LogP contribution in [0.15, 0.2) is 30.3 Å². The molecule has 1 aromatic carbocycles. The molecule has 1 aliphatic carbocycles. The average Bonchev–Trinajstić information content (AvgIpc) is 2.88. The number of methoxy groups -OCH3 is 1. The topological polar surface area (TPSA) is 36.0 Å². The van der Waals surface area contributed by atoms with Gasteiger partial charge in [-0.3, -0.25) is 14.6 Å². The summed E-state index contributed by atoms with van der Waals surface area (Å²) in [6.45, 7) is 9.72. The molecule has 2 aliphatic heterocycles. The van der Waals surface area contributed by atoms with Crippen LogP contribution in [-0.2, 0) is 9.53 Å². The SMILES string of the molecule is COCCN1CCN(C(CN2CCC(CC(=O)C3CCCCC3)CC2)c2ccccc2)CC1. The highest BCUT2D eigenvalue weighted by Gasteiger charge is 2.30. The maximum atomic E-state index is 12.8. The summed E-state index contributed by atoms with van der Waals surface area (Å²) in [5.74, 6) is 1.55. The lowest BCUT2D eigenvalue weighted by molar-refractivity contribution is -0.125. The molecule has 3 aliphatic rings. The number of carbonyl (C=O) groups is 1. The van der Waals surface area contributed by atoms with Gasteiger partial charge in [-0.25, -0.2) is 0 Å². The first-order valence-electron chi connectivity index (χ1n) is 13.5. The molecule has 1 aromatic rings. The highest BCUT2D eigenvalue weighted by Crippen LogP contribution is 2.30. The molecule has 0 radical (unpaired) electrons. The monoisotopic (exact) mass is 455 g/mol. The quantitative estimate of drug-likeness (QED) is 0.527. The van der Waals surface area contributed by atoms with E-state index in [0.717, 1.165) is 78.2 Å². The summed E-state index contributed by atoms with van der Waals surface area (Å²) in [5.41, 5.74) is 1.44. The van der Waals surface area contributed by atoms with Gasteiger partial charge in [0.2, 0.25) is 0 Å². The second kappa shape index (κ2) is 13.0. The maximum Gasteiger partial charge on any atom is 0.136 e. The molecule has 1 atom stereocenters. The van der Waals surface area contributed by atoms with Gasteiger partial charge in [0.15, 0.2) is 0 Å². The molecule has 33 heavy (non-hydrogen) atoms. The van der Waals surface area contributed by atoms with Crippen molar-refractivity contribution in [2.45, 2.75) is 57.4 Å². The van der Waals surface area contributed by atoms with E-state index < -0.39 is 0 Å². The molecular formula is C28H45N3O2. The van der Waals surface area contributed by atoms with Gasteiger partial charge in [-0.05, 0) is 50.3 Å². The largest absolute Gasteiger partial charge is 0.383 e. The molecule has 1 unspecified atom stereocenters. The normalized spacial score (nSPS) is 23.5. The molecule has 5 heteroatoms. The molecule has 2 heterocycles. The minimum absolute atomic E-state index is 0.377. The molecule has 2 saturated heterocycles. The standard InChI is InChI=1S/C28H45N3O2/c1-33-21-20-29-16-18-31(19-17-29)27(25-8-4-2-5-9-25)23-30-14-12-24(13-15-30)22-28(32)26-10-6-3-7-11-26/h2,4-5,8-9,24,26-27H,3,6-7,10-23H2,1H3. The Labute approximate surface area is 201 Å². The molecule has 0 N–H and O–H groups in total. The Morgan fingerprint density at radius 3 is 2.27 bits per heavy atom. The number of benzene rings is 1. The van der Waals surface area contributed by atoms with Crippen molar-refractivity contribution in [1.29, 1.82) is 0 Å². The fourth-order valence-corrected chi connectivity index (χ4v) is 6.12. The van der Waals surface area contributed by atoms with Crippen molar-refractivity contribution in [3.63, 3.8) is 0 Å². The van der Waals surface area contributed by atoms with E-state index in [-0.39, 0.29) is 0 Å². The smallest absolute Gasteiger partial charge is 0.136 e.